The highest BCUT2D eigenvalue weighted by Crippen LogP contribution is 2.15. The lowest BCUT2D eigenvalue weighted by molar-refractivity contribution is -0.131. The number of benzene rings is 1. The molecule has 3 nitrogen and oxygen atoms in total. The summed E-state index contributed by atoms with van der Waals surface area (Å²) in [7, 11) is 0. The summed E-state index contributed by atoms with van der Waals surface area (Å²) in [5.41, 5.74) is 1.78. The molecule has 3 heteroatoms. The summed E-state index contributed by atoms with van der Waals surface area (Å²) in [5.74, 6) is -1.37. The second-order valence-corrected chi connectivity index (χ2v) is 9.85. The Morgan fingerprint density at radius 2 is 0.971 bits per heavy atom. The lowest BCUT2D eigenvalue weighted by atomic mass is 10.0. The third kappa shape index (κ3) is 17.6. The van der Waals surface area contributed by atoms with Crippen LogP contribution in [0.3, 0.4) is 0 Å². The molecule has 1 N–H and O–H groups in total. The van der Waals surface area contributed by atoms with Gasteiger partial charge in [0.15, 0.2) is 5.78 Å². The van der Waals surface area contributed by atoms with E-state index >= 15 is 0 Å². The smallest absolute Gasteiger partial charge is 0.328 e. The normalized spacial score (nSPS) is 11.3. The zero-order chi connectivity index (χ0) is 24.7. The molecule has 1 rings (SSSR count). The van der Waals surface area contributed by atoms with Crippen LogP contribution in [0.5, 0.6) is 0 Å². The molecule has 192 valence electrons. The Hall–Kier alpha value is -1.90. The lowest BCUT2D eigenvalue weighted by Crippen LogP contribution is -1.97. The topological polar surface area (TPSA) is 54.4 Å². The van der Waals surface area contributed by atoms with Crippen LogP contribution in [-0.4, -0.2) is 16.9 Å². The molecule has 0 amide bonds. The van der Waals surface area contributed by atoms with Gasteiger partial charge in [-0.15, -0.1) is 0 Å². The van der Waals surface area contributed by atoms with Crippen molar-refractivity contribution in [3.8, 4) is 0 Å². The minimum absolute atomic E-state index is 0.266. The van der Waals surface area contributed by atoms with E-state index in [-0.39, 0.29) is 5.78 Å². The molecule has 0 spiro atoms. The molecule has 0 aliphatic carbocycles. The molecule has 0 heterocycles. The van der Waals surface area contributed by atoms with Gasteiger partial charge in [0.25, 0.3) is 0 Å². The number of carbonyl (C=O) groups excluding carboxylic acids is 1. The Kier molecular flexibility index (Phi) is 19.2. The minimum atomic E-state index is -1.10. The number of carboxylic acids is 1. The second kappa shape index (κ2) is 21.6. The molecule has 34 heavy (non-hydrogen) atoms. The first-order chi connectivity index (χ1) is 16.6. The van der Waals surface area contributed by atoms with Crippen LogP contribution in [0.2, 0.25) is 0 Å². The number of unbranched alkanes of at least 4 members (excludes halogenated alkanes) is 18. The average Bonchev–Trinajstić information content (AvgIpc) is 2.84. The third-order valence-electron chi connectivity index (χ3n) is 6.68. The standard InChI is InChI=1S/C31H50O3/c1-2-3-4-5-6-7-8-9-10-11-12-13-14-15-16-17-18-19-20-21-28-22-24-29(25-23-28)30(32)26-27-31(33)34/h22-27H,2-21H2,1H3,(H,33,34)/b27-26+. The van der Waals surface area contributed by atoms with Gasteiger partial charge in [0, 0.05) is 11.6 Å². The van der Waals surface area contributed by atoms with E-state index in [1.54, 1.807) is 12.1 Å². The van der Waals surface area contributed by atoms with Crippen molar-refractivity contribution < 1.29 is 14.7 Å². The van der Waals surface area contributed by atoms with E-state index in [1.807, 2.05) is 12.1 Å². The number of allylic oxidation sites excluding steroid dienone is 1. The molecule has 0 radical (unpaired) electrons. The van der Waals surface area contributed by atoms with E-state index in [9.17, 15) is 9.59 Å². The van der Waals surface area contributed by atoms with Crippen molar-refractivity contribution >= 4 is 11.8 Å². The van der Waals surface area contributed by atoms with E-state index < -0.39 is 5.97 Å². The van der Waals surface area contributed by atoms with Gasteiger partial charge >= 0.3 is 5.97 Å². The van der Waals surface area contributed by atoms with E-state index in [1.165, 1.54) is 128 Å². The van der Waals surface area contributed by atoms with Crippen molar-refractivity contribution in [1.82, 2.24) is 0 Å². The Labute approximate surface area is 209 Å². The van der Waals surface area contributed by atoms with Gasteiger partial charge in [0.2, 0.25) is 0 Å². The van der Waals surface area contributed by atoms with Crippen LogP contribution in [0, 0.1) is 0 Å². The summed E-state index contributed by atoms with van der Waals surface area (Å²) in [4.78, 5) is 22.3. The molecule has 0 aromatic heterocycles. The predicted octanol–water partition coefficient (Wildman–Crippen LogP) is 9.48. The highest BCUT2D eigenvalue weighted by molar-refractivity contribution is 6.06. The molecule has 0 atom stereocenters. The predicted molar refractivity (Wildman–Crippen MR) is 145 cm³/mol. The van der Waals surface area contributed by atoms with Crippen LogP contribution in [-0.2, 0) is 11.2 Å². The van der Waals surface area contributed by atoms with E-state index in [2.05, 4.69) is 6.92 Å². The number of aliphatic carboxylic acids is 1. The van der Waals surface area contributed by atoms with E-state index in [0.717, 1.165) is 18.6 Å². The van der Waals surface area contributed by atoms with Crippen molar-refractivity contribution in [3.63, 3.8) is 0 Å². The largest absolute Gasteiger partial charge is 0.478 e. The average molecular weight is 471 g/mol. The van der Waals surface area contributed by atoms with Crippen molar-refractivity contribution in [1.29, 1.82) is 0 Å². The van der Waals surface area contributed by atoms with E-state index in [4.69, 9.17) is 5.11 Å². The first kappa shape index (κ1) is 30.1. The number of hydrogen-bond acceptors (Lipinski definition) is 2. The first-order valence-corrected chi connectivity index (χ1v) is 14.2. The molecule has 1 aromatic carbocycles. The van der Waals surface area contributed by atoms with Gasteiger partial charge in [-0.1, -0.05) is 147 Å². The van der Waals surface area contributed by atoms with Crippen LogP contribution in [0.15, 0.2) is 36.4 Å². The van der Waals surface area contributed by atoms with Gasteiger partial charge in [0.1, 0.15) is 0 Å². The van der Waals surface area contributed by atoms with Gasteiger partial charge in [-0.2, -0.15) is 0 Å². The Balaban J connectivity index is 1.87. The van der Waals surface area contributed by atoms with Gasteiger partial charge in [-0.3, -0.25) is 4.79 Å². The lowest BCUT2D eigenvalue weighted by Gasteiger charge is -2.05. The fourth-order valence-electron chi connectivity index (χ4n) is 4.49. The Morgan fingerprint density at radius 1 is 0.588 bits per heavy atom. The highest BCUT2D eigenvalue weighted by Gasteiger charge is 2.03. The Morgan fingerprint density at radius 3 is 1.35 bits per heavy atom. The number of carbonyl (C=O) groups is 2. The molecule has 0 fully saturated rings. The van der Waals surface area contributed by atoms with Crippen molar-refractivity contribution in [3.05, 3.63) is 47.5 Å². The molecule has 1 aromatic rings. The van der Waals surface area contributed by atoms with Crippen LogP contribution in [0.4, 0.5) is 0 Å². The highest BCUT2D eigenvalue weighted by atomic mass is 16.4. The summed E-state index contributed by atoms with van der Waals surface area (Å²) in [6.45, 7) is 2.28. The molecule has 0 saturated heterocycles. The summed E-state index contributed by atoms with van der Waals surface area (Å²) in [5, 5.41) is 8.60. The summed E-state index contributed by atoms with van der Waals surface area (Å²) >= 11 is 0. The van der Waals surface area contributed by atoms with Crippen molar-refractivity contribution in [2.45, 2.75) is 135 Å². The number of hydrogen-bond donors (Lipinski definition) is 1. The van der Waals surface area contributed by atoms with Crippen molar-refractivity contribution in [2.24, 2.45) is 0 Å². The van der Waals surface area contributed by atoms with Gasteiger partial charge in [-0.05, 0) is 24.5 Å². The molecule has 0 saturated carbocycles. The summed E-state index contributed by atoms with van der Waals surface area (Å²) in [6.07, 6.45) is 29.5. The van der Waals surface area contributed by atoms with Crippen LogP contribution < -0.4 is 0 Å². The fraction of sp³-hybridized carbons (Fsp3) is 0.677. The number of rotatable bonds is 23. The van der Waals surface area contributed by atoms with Crippen molar-refractivity contribution in [2.75, 3.05) is 0 Å². The second-order valence-electron chi connectivity index (χ2n) is 9.85. The minimum Gasteiger partial charge on any atom is -0.478 e. The van der Waals surface area contributed by atoms with Gasteiger partial charge in [-0.25, -0.2) is 4.79 Å². The number of ketones is 1. The van der Waals surface area contributed by atoms with Gasteiger partial charge in [0.05, 0.1) is 0 Å². The monoisotopic (exact) mass is 470 g/mol. The van der Waals surface area contributed by atoms with E-state index in [0.29, 0.717) is 5.56 Å². The maximum Gasteiger partial charge on any atom is 0.328 e. The SMILES string of the molecule is CCCCCCCCCCCCCCCCCCCCCc1ccc(C(=O)/C=C/C(=O)O)cc1. The molecule has 0 aliphatic heterocycles. The zero-order valence-electron chi connectivity index (χ0n) is 21.9. The zero-order valence-corrected chi connectivity index (χ0v) is 21.9. The molecule has 0 bridgehead atoms. The van der Waals surface area contributed by atoms with Crippen LogP contribution >= 0.6 is 0 Å². The fourth-order valence-corrected chi connectivity index (χ4v) is 4.49. The summed E-state index contributed by atoms with van der Waals surface area (Å²) < 4.78 is 0. The molecule has 0 aliphatic rings. The maximum atomic E-state index is 11.9. The number of carboxylic acid groups (broad SMARTS) is 1. The number of aryl methyl sites for hydroxylation is 1. The van der Waals surface area contributed by atoms with Gasteiger partial charge < -0.3 is 5.11 Å². The first-order valence-electron chi connectivity index (χ1n) is 14.2. The molecule has 0 unspecified atom stereocenters. The van der Waals surface area contributed by atoms with Crippen LogP contribution in [0.1, 0.15) is 145 Å². The third-order valence-corrected chi connectivity index (χ3v) is 6.68. The molecular formula is C31H50O3. The molecular weight excluding hydrogens is 420 g/mol. The maximum absolute atomic E-state index is 11.9. The van der Waals surface area contributed by atoms with Crippen LogP contribution in [0.25, 0.3) is 0 Å². The Bertz CT molecular complexity index is 660. The quantitative estimate of drug-likeness (QED) is 0.0984. The summed E-state index contributed by atoms with van der Waals surface area (Å²) in [6, 6.07) is 7.55.